The lowest BCUT2D eigenvalue weighted by atomic mass is 10.2. The number of aromatic nitrogens is 2. The molecule has 0 saturated carbocycles. The molecule has 112 valence electrons. The van der Waals surface area contributed by atoms with Crippen molar-refractivity contribution in [2.24, 2.45) is 0 Å². The van der Waals surface area contributed by atoms with Gasteiger partial charge in [0.2, 0.25) is 0 Å². The van der Waals surface area contributed by atoms with Crippen LogP contribution >= 0.6 is 11.6 Å². The van der Waals surface area contributed by atoms with Gasteiger partial charge in [0.1, 0.15) is 11.5 Å². The molecular formula is C16H13ClFN3O. The second-order valence-electron chi connectivity index (χ2n) is 4.97. The number of fused-ring (bicyclic) bond motifs is 1. The second kappa shape index (κ2) is 5.77. The number of aryl methyl sites for hydroxylation is 1. The summed E-state index contributed by atoms with van der Waals surface area (Å²) in [5.74, 6) is -0.311. The van der Waals surface area contributed by atoms with Crippen LogP contribution in [0, 0.1) is 12.7 Å². The Balaban J connectivity index is 1.90. The van der Waals surface area contributed by atoms with Crippen LogP contribution in [0.3, 0.4) is 0 Å². The van der Waals surface area contributed by atoms with E-state index >= 15 is 0 Å². The molecule has 0 atom stereocenters. The Kier molecular flexibility index (Phi) is 3.81. The van der Waals surface area contributed by atoms with Gasteiger partial charge in [-0.1, -0.05) is 17.7 Å². The number of nitrogens with zero attached hydrogens (tertiary/aromatic N) is 2. The summed E-state index contributed by atoms with van der Waals surface area (Å²) in [6.07, 6.45) is 1.53. The van der Waals surface area contributed by atoms with Crippen LogP contribution in [0.5, 0.6) is 0 Å². The maximum atomic E-state index is 13.3. The summed E-state index contributed by atoms with van der Waals surface area (Å²) in [6.45, 7) is 2.21. The molecule has 0 fully saturated rings. The van der Waals surface area contributed by atoms with E-state index in [1.807, 2.05) is 6.92 Å². The molecule has 4 nitrogen and oxygen atoms in total. The van der Waals surface area contributed by atoms with Gasteiger partial charge in [0.25, 0.3) is 5.56 Å². The molecule has 1 aromatic carbocycles. The Bertz CT molecular complexity index is 908. The molecule has 0 spiro atoms. The summed E-state index contributed by atoms with van der Waals surface area (Å²) in [7, 11) is 0. The Morgan fingerprint density at radius 1 is 1.27 bits per heavy atom. The van der Waals surface area contributed by atoms with Gasteiger partial charge in [-0.2, -0.15) is 0 Å². The van der Waals surface area contributed by atoms with Gasteiger partial charge in [0, 0.05) is 18.0 Å². The predicted octanol–water partition coefficient (Wildman–Crippen LogP) is 3.41. The summed E-state index contributed by atoms with van der Waals surface area (Å²) in [5, 5.41) is 3.57. The third kappa shape index (κ3) is 2.94. The minimum absolute atomic E-state index is 0.208. The van der Waals surface area contributed by atoms with Gasteiger partial charge in [0.05, 0.1) is 17.3 Å². The lowest BCUT2D eigenvalue weighted by Gasteiger charge is -2.10. The maximum absolute atomic E-state index is 13.3. The van der Waals surface area contributed by atoms with Crippen LogP contribution in [0.1, 0.15) is 11.3 Å². The number of benzene rings is 1. The predicted molar refractivity (Wildman–Crippen MR) is 84.9 cm³/mol. The first-order valence-electron chi connectivity index (χ1n) is 6.71. The van der Waals surface area contributed by atoms with Crippen molar-refractivity contribution in [2.45, 2.75) is 13.5 Å². The number of nitrogens with one attached hydrogen (secondary N) is 1. The second-order valence-corrected chi connectivity index (χ2v) is 5.41. The van der Waals surface area contributed by atoms with E-state index in [0.717, 1.165) is 5.56 Å². The third-order valence-corrected chi connectivity index (χ3v) is 3.56. The fraction of sp³-hybridized carbons (Fsp3) is 0.125. The number of pyridine rings is 1. The van der Waals surface area contributed by atoms with Gasteiger partial charge in [0.15, 0.2) is 0 Å². The molecule has 3 aromatic rings. The van der Waals surface area contributed by atoms with Crippen LogP contribution in [0.2, 0.25) is 5.02 Å². The lowest BCUT2D eigenvalue weighted by molar-refractivity contribution is 0.628. The highest BCUT2D eigenvalue weighted by Gasteiger charge is 2.05. The Morgan fingerprint density at radius 2 is 2.09 bits per heavy atom. The van der Waals surface area contributed by atoms with Crippen molar-refractivity contribution in [1.82, 2.24) is 9.38 Å². The van der Waals surface area contributed by atoms with Gasteiger partial charge in [-0.05, 0) is 36.8 Å². The molecule has 0 aliphatic heterocycles. The lowest BCUT2D eigenvalue weighted by Crippen LogP contribution is -2.16. The quantitative estimate of drug-likeness (QED) is 0.805. The third-order valence-electron chi connectivity index (χ3n) is 3.34. The van der Waals surface area contributed by atoms with Crippen LogP contribution in [0.4, 0.5) is 10.1 Å². The van der Waals surface area contributed by atoms with Gasteiger partial charge in [-0.3, -0.25) is 9.20 Å². The first-order valence-corrected chi connectivity index (χ1v) is 7.08. The van der Waals surface area contributed by atoms with Crippen molar-refractivity contribution in [3.8, 4) is 0 Å². The van der Waals surface area contributed by atoms with Gasteiger partial charge in [-0.25, -0.2) is 9.37 Å². The molecule has 0 aliphatic carbocycles. The summed E-state index contributed by atoms with van der Waals surface area (Å²) in [4.78, 5) is 16.5. The zero-order valence-electron chi connectivity index (χ0n) is 11.8. The Hall–Kier alpha value is -2.40. The molecule has 2 heterocycles. The molecule has 0 saturated heterocycles. The fourth-order valence-corrected chi connectivity index (χ4v) is 2.35. The monoisotopic (exact) mass is 317 g/mol. The topological polar surface area (TPSA) is 46.4 Å². The van der Waals surface area contributed by atoms with E-state index < -0.39 is 0 Å². The molecule has 0 unspecified atom stereocenters. The normalized spacial score (nSPS) is 10.9. The Labute approximate surface area is 131 Å². The standard InChI is InChI=1S/C16H13ClFN3O/c1-10-2-4-12(18)6-14(10)19-8-13-7-16(22)21-9-11(17)3-5-15(21)20-13/h2-7,9,19H,8H2,1H3. The van der Waals surface area contributed by atoms with Crippen molar-refractivity contribution < 1.29 is 4.39 Å². The summed E-state index contributed by atoms with van der Waals surface area (Å²) in [6, 6.07) is 9.32. The minimum atomic E-state index is -0.311. The molecule has 0 radical (unpaired) electrons. The van der Waals surface area contributed by atoms with Crippen molar-refractivity contribution >= 4 is 22.9 Å². The van der Waals surface area contributed by atoms with Gasteiger partial charge in [-0.15, -0.1) is 0 Å². The van der Waals surface area contributed by atoms with E-state index in [-0.39, 0.29) is 11.4 Å². The molecule has 2 aromatic heterocycles. The van der Waals surface area contributed by atoms with E-state index in [4.69, 9.17) is 11.6 Å². The van der Waals surface area contributed by atoms with Crippen molar-refractivity contribution in [2.75, 3.05) is 5.32 Å². The first kappa shape index (κ1) is 14.5. The maximum Gasteiger partial charge on any atom is 0.258 e. The van der Waals surface area contributed by atoms with E-state index in [9.17, 15) is 9.18 Å². The highest BCUT2D eigenvalue weighted by atomic mass is 35.5. The summed E-state index contributed by atoms with van der Waals surface area (Å²) < 4.78 is 14.6. The first-order chi connectivity index (χ1) is 10.5. The van der Waals surface area contributed by atoms with Gasteiger partial charge >= 0.3 is 0 Å². The van der Waals surface area contributed by atoms with E-state index in [1.54, 1.807) is 18.2 Å². The molecule has 3 rings (SSSR count). The van der Waals surface area contributed by atoms with Gasteiger partial charge < -0.3 is 5.32 Å². The van der Waals surface area contributed by atoms with Crippen LogP contribution in [0.25, 0.3) is 5.65 Å². The van der Waals surface area contributed by atoms with Crippen molar-refractivity contribution in [3.05, 3.63) is 75.0 Å². The number of rotatable bonds is 3. The number of hydrogen-bond donors (Lipinski definition) is 1. The summed E-state index contributed by atoms with van der Waals surface area (Å²) >= 11 is 5.87. The van der Waals surface area contributed by atoms with Crippen LogP contribution < -0.4 is 10.9 Å². The van der Waals surface area contributed by atoms with E-state index in [2.05, 4.69) is 10.3 Å². The average molecular weight is 318 g/mol. The minimum Gasteiger partial charge on any atom is -0.379 e. The zero-order valence-corrected chi connectivity index (χ0v) is 12.6. The fourth-order valence-electron chi connectivity index (χ4n) is 2.19. The largest absolute Gasteiger partial charge is 0.379 e. The molecular weight excluding hydrogens is 305 g/mol. The molecule has 0 aliphatic rings. The molecule has 0 bridgehead atoms. The summed E-state index contributed by atoms with van der Waals surface area (Å²) in [5.41, 5.74) is 2.49. The highest BCUT2D eigenvalue weighted by molar-refractivity contribution is 6.30. The zero-order chi connectivity index (χ0) is 15.7. The van der Waals surface area contributed by atoms with Crippen LogP contribution in [0.15, 0.2) is 47.4 Å². The Morgan fingerprint density at radius 3 is 2.91 bits per heavy atom. The van der Waals surface area contributed by atoms with Crippen molar-refractivity contribution in [1.29, 1.82) is 0 Å². The van der Waals surface area contributed by atoms with E-state index in [0.29, 0.717) is 28.6 Å². The number of hydrogen-bond acceptors (Lipinski definition) is 3. The SMILES string of the molecule is Cc1ccc(F)cc1NCc1cc(=O)n2cc(Cl)ccc2n1. The molecule has 22 heavy (non-hydrogen) atoms. The molecule has 6 heteroatoms. The van der Waals surface area contributed by atoms with Crippen molar-refractivity contribution in [3.63, 3.8) is 0 Å². The van der Waals surface area contributed by atoms with Crippen LogP contribution in [-0.2, 0) is 6.54 Å². The van der Waals surface area contributed by atoms with Crippen LogP contribution in [-0.4, -0.2) is 9.38 Å². The average Bonchev–Trinajstić information content (AvgIpc) is 2.49. The number of anilines is 1. The highest BCUT2D eigenvalue weighted by Crippen LogP contribution is 2.16. The molecule has 1 N–H and O–H groups in total. The molecule has 0 amide bonds. The smallest absolute Gasteiger partial charge is 0.258 e. The number of halogens is 2. The van der Waals surface area contributed by atoms with E-state index in [1.165, 1.54) is 28.8 Å².